The zero-order valence-electron chi connectivity index (χ0n) is 14.3. The van der Waals surface area contributed by atoms with Crippen LogP contribution in [0.25, 0.3) is 0 Å². The summed E-state index contributed by atoms with van der Waals surface area (Å²) in [6.45, 7) is 2.88. The van der Waals surface area contributed by atoms with Crippen LogP contribution in [-0.2, 0) is 0 Å². The molecule has 1 aromatic carbocycles. The minimum absolute atomic E-state index is 0.0785. The Morgan fingerprint density at radius 2 is 2.00 bits per heavy atom. The van der Waals surface area contributed by atoms with E-state index in [-0.39, 0.29) is 18.0 Å². The Morgan fingerprint density at radius 1 is 1.15 bits per heavy atom. The largest absolute Gasteiger partial charge is 0.352 e. The van der Waals surface area contributed by atoms with Crippen LogP contribution in [0, 0.1) is 5.82 Å². The van der Waals surface area contributed by atoms with Gasteiger partial charge in [-0.25, -0.2) is 9.37 Å². The van der Waals surface area contributed by atoms with E-state index >= 15 is 0 Å². The van der Waals surface area contributed by atoms with E-state index in [2.05, 4.69) is 34.0 Å². The molecule has 0 aliphatic carbocycles. The van der Waals surface area contributed by atoms with E-state index in [0.29, 0.717) is 0 Å². The lowest BCUT2D eigenvalue weighted by molar-refractivity contribution is 0.500. The van der Waals surface area contributed by atoms with Crippen LogP contribution < -0.4 is 10.6 Å². The molecule has 0 saturated heterocycles. The molecule has 0 fully saturated rings. The summed E-state index contributed by atoms with van der Waals surface area (Å²) in [5, 5.41) is 9.04. The van der Waals surface area contributed by atoms with Crippen molar-refractivity contribution in [2.75, 3.05) is 11.9 Å². The fourth-order valence-corrected chi connectivity index (χ4v) is 3.93. The van der Waals surface area contributed by atoms with E-state index in [1.54, 1.807) is 29.7 Å². The number of rotatable bonds is 4. The highest BCUT2D eigenvalue weighted by atomic mass is 32.1. The molecule has 3 aromatic rings. The van der Waals surface area contributed by atoms with Gasteiger partial charge in [-0.05, 0) is 54.4 Å². The van der Waals surface area contributed by atoms with E-state index in [0.717, 1.165) is 34.1 Å². The maximum absolute atomic E-state index is 13.4. The summed E-state index contributed by atoms with van der Waals surface area (Å²) >= 11 is 1.68. The predicted molar refractivity (Wildman–Crippen MR) is 104 cm³/mol. The number of aliphatic imine (C=N–C) groups is 1. The summed E-state index contributed by atoms with van der Waals surface area (Å²) in [6.07, 6.45) is 1.69. The third-order valence-corrected chi connectivity index (χ3v) is 5.26. The Kier molecular flexibility index (Phi) is 4.77. The van der Waals surface area contributed by atoms with Gasteiger partial charge in [0.2, 0.25) is 0 Å². The Labute approximate surface area is 155 Å². The Morgan fingerprint density at radius 3 is 2.73 bits per heavy atom. The Hall–Kier alpha value is -2.57. The zero-order chi connectivity index (χ0) is 17.9. The van der Waals surface area contributed by atoms with Crippen LogP contribution in [0.2, 0.25) is 0 Å². The van der Waals surface area contributed by atoms with Gasteiger partial charge < -0.3 is 5.32 Å². The molecule has 4 rings (SSSR count). The molecule has 4 nitrogen and oxygen atoms in total. The molecule has 0 radical (unpaired) electrons. The summed E-state index contributed by atoms with van der Waals surface area (Å²) in [5.74, 6) is 0.522. The molecule has 0 saturated carbocycles. The average Bonchev–Trinajstić information content (AvgIpc) is 3.13. The van der Waals surface area contributed by atoms with Crippen LogP contribution >= 0.6 is 11.3 Å². The molecule has 0 spiro atoms. The number of hydrogen-bond donors (Lipinski definition) is 2. The van der Waals surface area contributed by atoms with E-state index in [9.17, 15) is 4.39 Å². The normalized spacial score (nSPS) is 19.2. The number of fused-ring (bicyclic) bond motifs is 1. The van der Waals surface area contributed by atoms with Gasteiger partial charge in [-0.15, -0.1) is 11.3 Å². The van der Waals surface area contributed by atoms with E-state index < -0.39 is 0 Å². The topological polar surface area (TPSA) is 49.3 Å². The fraction of sp³-hybridized carbons (Fsp3) is 0.200. The number of nitrogens with one attached hydrogen (secondary N) is 2. The SMILES string of the molecule is CCNC1Nc2ncccc2C(c2ccc(F)cc2)=NC1c1cccs1. The zero-order valence-corrected chi connectivity index (χ0v) is 15.1. The third kappa shape index (κ3) is 3.25. The molecule has 2 atom stereocenters. The highest BCUT2D eigenvalue weighted by molar-refractivity contribution is 7.10. The molecule has 6 heteroatoms. The summed E-state index contributed by atoms with van der Waals surface area (Å²) in [4.78, 5) is 10.8. The first-order valence-corrected chi connectivity index (χ1v) is 9.46. The lowest BCUT2D eigenvalue weighted by Crippen LogP contribution is -2.40. The Bertz CT molecular complexity index is 906. The molecule has 3 heterocycles. The highest BCUT2D eigenvalue weighted by Crippen LogP contribution is 2.32. The van der Waals surface area contributed by atoms with E-state index in [4.69, 9.17) is 4.99 Å². The molecular formula is C20H19FN4S. The fourth-order valence-electron chi connectivity index (χ4n) is 3.13. The van der Waals surface area contributed by atoms with Crippen molar-refractivity contribution < 1.29 is 4.39 Å². The summed E-state index contributed by atoms with van der Waals surface area (Å²) in [6, 6.07) is 14.4. The number of aromatic nitrogens is 1. The van der Waals surface area contributed by atoms with Crippen molar-refractivity contribution in [3.05, 3.63) is 81.9 Å². The molecule has 2 N–H and O–H groups in total. The van der Waals surface area contributed by atoms with Crippen molar-refractivity contribution in [1.82, 2.24) is 10.3 Å². The summed E-state index contributed by atoms with van der Waals surface area (Å²) in [5.41, 5.74) is 2.61. The predicted octanol–water partition coefficient (Wildman–Crippen LogP) is 4.22. The van der Waals surface area contributed by atoms with Crippen LogP contribution in [0.1, 0.15) is 29.0 Å². The minimum atomic E-state index is -0.257. The lowest BCUT2D eigenvalue weighted by Gasteiger charge is -2.24. The quantitative estimate of drug-likeness (QED) is 0.727. The van der Waals surface area contributed by atoms with Gasteiger partial charge in [0.25, 0.3) is 0 Å². The van der Waals surface area contributed by atoms with Crippen molar-refractivity contribution in [1.29, 1.82) is 0 Å². The maximum Gasteiger partial charge on any atom is 0.136 e. The first-order valence-electron chi connectivity index (χ1n) is 8.58. The maximum atomic E-state index is 13.4. The second-order valence-electron chi connectivity index (χ2n) is 6.02. The number of thiophene rings is 1. The van der Waals surface area contributed by atoms with Crippen LogP contribution in [0.15, 0.2) is 65.1 Å². The minimum Gasteiger partial charge on any atom is -0.352 e. The van der Waals surface area contributed by atoms with Crippen molar-refractivity contribution in [3.8, 4) is 0 Å². The highest BCUT2D eigenvalue weighted by Gasteiger charge is 2.29. The van der Waals surface area contributed by atoms with E-state index in [1.807, 2.05) is 18.2 Å². The van der Waals surface area contributed by atoms with Gasteiger partial charge in [0, 0.05) is 22.2 Å². The first-order chi connectivity index (χ1) is 12.8. The van der Waals surface area contributed by atoms with Crippen molar-refractivity contribution in [2.24, 2.45) is 4.99 Å². The number of nitrogens with zero attached hydrogens (tertiary/aromatic N) is 2. The van der Waals surface area contributed by atoms with Crippen LogP contribution in [0.4, 0.5) is 10.2 Å². The number of anilines is 1. The lowest BCUT2D eigenvalue weighted by atomic mass is 10.0. The van der Waals surface area contributed by atoms with Gasteiger partial charge in [0.1, 0.15) is 23.8 Å². The van der Waals surface area contributed by atoms with Gasteiger partial charge in [-0.1, -0.05) is 13.0 Å². The molecule has 26 heavy (non-hydrogen) atoms. The average molecular weight is 366 g/mol. The number of pyridine rings is 1. The third-order valence-electron chi connectivity index (χ3n) is 4.32. The van der Waals surface area contributed by atoms with Gasteiger partial charge >= 0.3 is 0 Å². The molecule has 132 valence electrons. The van der Waals surface area contributed by atoms with Crippen molar-refractivity contribution >= 4 is 22.9 Å². The molecule has 1 aliphatic rings. The smallest absolute Gasteiger partial charge is 0.136 e. The van der Waals surface area contributed by atoms with Gasteiger partial charge in [-0.3, -0.25) is 10.3 Å². The molecule has 2 aromatic heterocycles. The molecule has 0 bridgehead atoms. The number of likely N-dealkylation sites (N-methyl/N-ethyl adjacent to an activating group) is 1. The van der Waals surface area contributed by atoms with Crippen molar-refractivity contribution in [3.63, 3.8) is 0 Å². The molecular weight excluding hydrogens is 347 g/mol. The van der Waals surface area contributed by atoms with Crippen LogP contribution in [0.3, 0.4) is 0 Å². The van der Waals surface area contributed by atoms with Gasteiger partial charge in [0.15, 0.2) is 0 Å². The first kappa shape index (κ1) is 16.9. The molecule has 2 unspecified atom stereocenters. The second kappa shape index (κ2) is 7.35. The number of hydrogen-bond acceptors (Lipinski definition) is 5. The standard InChI is InChI=1S/C20H19FN4S/c1-2-22-20-18(16-6-4-12-26-16)24-17(13-7-9-14(21)10-8-13)15-5-3-11-23-19(15)25-20/h3-12,18,20,22H,2H2,1H3,(H,23,25). The summed E-state index contributed by atoms with van der Waals surface area (Å²) in [7, 11) is 0. The van der Waals surface area contributed by atoms with Crippen molar-refractivity contribution in [2.45, 2.75) is 19.1 Å². The van der Waals surface area contributed by atoms with Gasteiger partial charge in [-0.2, -0.15) is 0 Å². The molecule has 0 amide bonds. The molecule has 1 aliphatic heterocycles. The van der Waals surface area contributed by atoms with E-state index in [1.165, 1.54) is 12.1 Å². The Balaban J connectivity index is 1.89. The van der Waals surface area contributed by atoms with Crippen LogP contribution in [0.5, 0.6) is 0 Å². The van der Waals surface area contributed by atoms with Crippen LogP contribution in [-0.4, -0.2) is 23.4 Å². The second-order valence-corrected chi connectivity index (χ2v) is 7.00. The number of halogens is 1. The monoisotopic (exact) mass is 366 g/mol. The van der Waals surface area contributed by atoms with Gasteiger partial charge in [0.05, 0.1) is 5.71 Å². The number of benzene rings is 1. The summed E-state index contributed by atoms with van der Waals surface area (Å²) < 4.78 is 13.4.